The van der Waals surface area contributed by atoms with Crippen LogP contribution in [0.5, 0.6) is 0 Å². The molecule has 4 heteroatoms. The second-order valence-electron chi connectivity index (χ2n) is 4.43. The highest BCUT2D eigenvalue weighted by molar-refractivity contribution is 5.56. The summed E-state index contributed by atoms with van der Waals surface area (Å²) in [5, 5.41) is 0. The minimum absolute atomic E-state index is 0.0114. The molecule has 1 unspecified atom stereocenters. The fraction of sp³-hybridized carbons (Fsp3) is 0.538. The van der Waals surface area contributed by atoms with Gasteiger partial charge in [0.2, 0.25) is 6.43 Å². The minimum atomic E-state index is -2.40. The van der Waals surface area contributed by atoms with E-state index in [9.17, 15) is 8.78 Å². The summed E-state index contributed by atoms with van der Waals surface area (Å²) in [7, 11) is 0. The number of hydrogen-bond acceptors (Lipinski definition) is 2. The molecule has 0 aliphatic carbocycles. The van der Waals surface area contributed by atoms with E-state index < -0.39 is 12.3 Å². The smallest absolute Gasteiger partial charge is 0.246 e. The van der Waals surface area contributed by atoms with E-state index in [1.807, 2.05) is 12.1 Å². The Morgan fingerprint density at radius 3 is 2.41 bits per heavy atom. The van der Waals surface area contributed by atoms with Gasteiger partial charge >= 0.3 is 0 Å². The molecular weight excluding hydrogens is 222 g/mol. The molecule has 1 aliphatic rings. The fourth-order valence-corrected chi connectivity index (χ4v) is 2.41. The van der Waals surface area contributed by atoms with Crippen LogP contribution >= 0.6 is 0 Å². The molecule has 0 aromatic heterocycles. The highest BCUT2D eigenvalue weighted by Crippen LogP contribution is 2.32. The summed E-state index contributed by atoms with van der Waals surface area (Å²) in [6.45, 7) is 1.90. The molecule has 1 atom stereocenters. The van der Waals surface area contributed by atoms with Crippen LogP contribution in [-0.2, 0) is 0 Å². The summed E-state index contributed by atoms with van der Waals surface area (Å²) in [5.74, 6) is -0.855. The molecule has 1 aromatic carbocycles. The van der Waals surface area contributed by atoms with Crippen molar-refractivity contribution in [1.29, 1.82) is 0 Å². The zero-order chi connectivity index (χ0) is 12.3. The quantitative estimate of drug-likeness (QED) is 0.876. The topological polar surface area (TPSA) is 29.3 Å². The molecule has 94 valence electrons. The maximum Gasteiger partial charge on any atom is 0.246 e. The van der Waals surface area contributed by atoms with Crippen LogP contribution in [0.25, 0.3) is 0 Å². The summed E-state index contributed by atoms with van der Waals surface area (Å²) >= 11 is 0. The van der Waals surface area contributed by atoms with Gasteiger partial charge in [-0.3, -0.25) is 0 Å². The van der Waals surface area contributed by atoms with Crippen molar-refractivity contribution >= 4 is 5.69 Å². The van der Waals surface area contributed by atoms with Gasteiger partial charge in [0, 0.05) is 25.3 Å². The zero-order valence-corrected chi connectivity index (χ0v) is 9.78. The van der Waals surface area contributed by atoms with E-state index in [1.54, 1.807) is 12.1 Å². The van der Waals surface area contributed by atoms with E-state index in [0.717, 1.165) is 31.6 Å². The van der Waals surface area contributed by atoms with Crippen molar-refractivity contribution in [3.8, 4) is 0 Å². The highest BCUT2D eigenvalue weighted by atomic mass is 19.3. The van der Waals surface area contributed by atoms with Crippen LogP contribution in [0.4, 0.5) is 14.5 Å². The average Bonchev–Trinajstić information content (AvgIpc) is 2.83. The third-order valence-corrected chi connectivity index (χ3v) is 3.34. The first-order valence-corrected chi connectivity index (χ1v) is 6.06. The van der Waals surface area contributed by atoms with Crippen LogP contribution in [0.3, 0.4) is 0 Å². The van der Waals surface area contributed by atoms with Crippen molar-refractivity contribution in [2.24, 2.45) is 5.73 Å². The maximum absolute atomic E-state index is 13.0. The number of hydrogen-bond donors (Lipinski definition) is 1. The molecule has 0 radical (unpaired) electrons. The van der Waals surface area contributed by atoms with Gasteiger partial charge in [-0.2, -0.15) is 0 Å². The lowest BCUT2D eigenvalue weighted by molar-refractivity contribution is 0.117. The van der Waals surface area contributed by atoms with Gasteiger partial charge in [0.25, 0.3) is 0 Å². The van der Waals surface area contributed by atoms with Crippen molar-refractivity contribution in [1.82, 2.24) is 0 Å². The Hall–Kier alpha value is -1.16. The lowest BCUT2D eigenvalue weighted by Gasteiger charge is -2.25. The second kappa shape index (κ2) is 5.45. The Kier molecular flexibility index (Phi) is 3.94. The van der Waals surface area contributed by atoms with Crippen molar-refractivity contribution in [3.63, 3.8) is 0 Å². The summed E-state index contributed by atoms with van der Waals surface area (Å²) in [6, 6.07) is 7.40. The molecule has 0 amide bonds. The van der Waals surface area contributed by atoms with E-state index in [2.05, 4.69) is 4.90 Å². The van der Waals surface area contributed by atoms with Crippen LogP contribution in [0.15, 0.2) is 24.3 Å². The molecule has 0 saturated carbocycles. The molecule has 1 aromatic rings. The van der Waals surface area contributed by atoms with Gasteiger partial charge in [-0.05, 0) is 24.5 Å². The number of nitrogens with two attached hydrogens (primary N) is 1. The van der Waals surface area contributed by atoms with Crippen LogP contribution in [-0.4, -0.2) is 26.1 Å². The van der Waals surface area contributed by atoms with Crippen molar-refractivity contribution in [2.75, 3.05) is 24.5 Å². The van der Waals surface area contributed by atoms with Gasteiger partial charge in [-0.1, -0.05) is 18.2 Å². The monoisotopic (exact) mass is 240 g/mol. The normalized spacial score (nSPS) is 17.8. The van der Waals surface area contributed by atoms with E-state index in [4.69, 9.17) is 5.73 Å². The van der Waals surface area contributed by atoms with Crippen molar-refractivity contribution < 1.29 is 8.78 Å². The minimum Gasteiger partial charge on any atom is -0.371 e. The number of para-hydroxylation sites is 1. The number of halogens is 2. The summed E-state index contributed by atoms with van der Waals surface area (Å²) < 4.78 is 25.9. The largest absolute Gasteiger partial charge is 0.371 e. The maximum atomic E-state index is 13.0. The Morgan fingerprint density at radius 2 is 1.82 bits per heavy atom. The first-order valence-electron chi connectivity index (χ1n) is 6.06. The van der Waals surface area contributed by atoms with Crippen molar-refractivity contribution in [2.45, 2.75) is 25.2 Å². The van der Waals surface area contributed by atoms with Gasteiger partial charge in [-0.25, -0.2) is 8.78 Å². The molecule has 2 N–H and O–H groups in total. The van der Waals surface area contributed by atoms with Gasteiger partial charge in [0.05, 0.1) is 5.92 Å². The summed E-state index contributed by atoms with van der Waals surface area (Å²) in [6.07, 6.45) is -0.129. The molecule has 1 heterocycles. The molecule has 2 rings (SSSR count). The van der Waals surface area contributed by atoms with Gasteiger partial charge < -0.3 is 10.6 Å². The van der Waals surface area contributed by atoms with E-state index in [0.29, 0.717) is 5.56 Å². The molecule has 2 nitrogen and oxygen atoms in total. The molecule has 1 aliphatic heterocycles. The Balaban J connectivity index is 2.31. The van der Waals surface area contributed by atoms with Crippen molar-refractivity contribution in [3.05, 3.63) is 29.8 Å². The molecule has 1 saturated heterocycles. The molecule has 1 fully saturated rings. The summed E-state index contributed by atoms with van der Waals surface area (Å²) in [5.41, 5.74) is 7.09. The van der Waals surface area contributed by atoms with Crippen LogP contribution < -0.4 is 10.6 Å². The second-order valence-corrected chi connectivity index (χ2v) is 4.43. The Labute approximate surface area is 100 Å². The lowest BCUT2D eigenvalue weighted by Crippen LogP contribution is -2.25. The Morgan fingerprint density at radius 1 is 1.18 bits per heavy atom. The standard InChI is InChI=1S/C13H18F2N2/c14-13(15)11(9-16)10-5-1-2-6-12(10)17-7-3-4-8-17/h1-2,5-6,11,13H,3-4,7-9,16H2. The third kappa shape index (κ3) is 2.57. The summed E-state index contributed by atoms with van der Waals surface area (Å²) in [4.78, 5) is 2.18. The van der Waals surface area contributed by atoms with Crippen LogP contribution in [0.1, 0.15) is 24.3 Å². The lowest BCUT2D eigenvalue weighted by atomic mass is 9.97. The van der Waals surface area contributed by atoms with E-state index in [1.165, 1.54) is 0 Å². The number of rotatable bonds is 4. The zero-order valence-electron chi connectivity index (χ0n) is 9.78. The first-order chi connectivity index (χ1) is 8.24. The van der Waals surface area contributed by atoms with Crippen LogP contribution in [0, 0.1) is 0 Å². The SMILES string of the molecule is NCC(c1ccccc1N1CCCC1)C(F)F. The first kappa shape index (κ1) is 12.3. The third-order valence-electron chi connectivity index (χ3n) is 3.34. The van der Waals surface area contributed by atoms with E-state index in [-0.39, 0.29) is 6.54 Å². The predicted octanol–water partition coefficient (Wildman–Crippen LogP) is 2.59. The number of alkyl halides is 2. The molecule has 17 heavy (non-hydrogen) atoms. The van der Waals surface area contributed by atoms with Gasteiger partial charge in [0.1, 0.15) is 0 Å². The van der Waals surface area contributed by atoms with Gasteiger partial charge in [0.15, 0.2) is 0 Å². The van der Waals surface area contributed by atoms with Crippen LogP contribution in [0.2, 0.25) is 0 Å². The van der Waals surface area contributed by atoms with Gasteiger partial charge in [-0.15, -0.1) is 0 Å². The average molecular weight is 240 g/mol. The molecular formula is C13H18F2N2. The fourth-order valence-electron chi connectivity index (χ4n) is 2.41. The number of benzene rings is 1. The van der Waals surface area contributed by atoms with E-state index >= 15 is 0 Å². The molecule has 0 bridgehead atoms. The highest BCUT2D eigenvalue weighted by Gasteiger charge is 2.25. The number of anilines is 1. The predicted molar refractivity (Wildman–Crippen MR) is 65.7 cm³/mol. The molecule has 0 spiro atoms. The Bertz CT molecular complexity index is 362. The number of nitrogens with zero attached hydrogens (tertiary/aromatic N) is 1.